The fraction of sp³-hybridized carbons (Fsp3) is 0.296. The average Bonchev–Trinajstić information content (AvgIpc) is 3.13. The maximum absolute atomic E-state index is 14.6. The molecule has 36 heavy (non-hydrogen) atoms. The number of amides is 1. The number of aromatic nitrogens is 1. The Balaban J connectivity index is 1.41. The summed E-state index contributed by atoms with van der Waals surface area (Å²) in [5, 5.41) is 20.1. The summed E-state index contributed by atoms with van der Waals surface area (Å²) in [5.41, 5.74) is 1.33. The van der Waals surface area contributed by atoms with Crippen LogP contribution in [0.3, 0.4) is 0 Å². The molecule has 1 fully saturated rings. The van der Waals surface area contributed by atoms with E-state index in [2.05, 4.69) is 20.9 Å². The van der Waals surface area contributed by atoms with Crippen molar-refractivity contribution in [3.05, 3.63) is 89.0 Å². The van der Waals surface area contributed by atoms with E-state index in [0.717, 1.165) is 24.9 Å². The Kier molecular flexibility index (Phi) is 8.24. The van der Waals surface area contributed by atoms with Crippen molar-refractivity contribution in [3.8, 4) is 11.5 Å². The minimum absolute atomic E-state index is 0.0509. The summed E-state index contributed by atoms with van der Waals surface area (Å²) in [6.07, 6.45) is 5.05. The predicted molar refractivity (Wildman–Crippen MR) is 133 cm³/mol. The van der Waals surface area contributed by atoms with E-state index in [1.54, 1.807) is 48.8 Å². The molecule has 188 valence electrons. The van der Waals surface area contributed by atoms with Crippen molar-refractivity contribution in [1.82, 2.24) is 20.9 Å². The number of ketones is 1. The number of ether oxygens (including phenoxy) is 1. The van der Waals surface area contributed by atoms with Crippen LogP contribution in [0.15, 0.2) is 60.9 Å². The Labute approximate surface area is 208 Å². The van der Waals surface area contributed by atoms with E-state index in [0.29, 0.717) is 18.7 Å². The van der Waals surface area contributed by atoms with Gasteiger partial charge in [-0.3, -0.25) is 14.6 Å². The number of nitrogens with one attached hydrogen (secondary N) is 3. The molecule has 0 bridgehead atoms. The molecular weight excluding hydrogens is 463 g/mol. The molecule has 1 amide bonds. The Bertz CT molecular complexity index is 1200. The molecule has 0 spiro atoms. The molecule has 2 heterocycles. The number of halogens is 1. The molecule has 4 rings (SSSR count). The second kappa shape index (κ2) is 11.7. The van der Waals surface area contributed by atoms with Crippen LogP contribution in [0.1, 0.15) is 44.7 Å². The van der Waals surface area contributed by atoms with Crippen molar-refractivity contribution in [3.63, 3.8) is 0 Å². The van der Waals surface area contributed by atoms with E-state index in [1.165, 1.54) is 19.2 Å². The molecule has 2 aromatic carbocycles. The van der Waals surface area contributed by atoms with Crippen molar-refractivity contribution in [2.75, 3.05) is 20.2 Å². The van der Waals surface area contributed by atoms with E-state index in [4.69, 9.17) is 4.74 Å². The van der Waals surface area contributed by atoms with Gasteiger partial charge < -0.3 is 25.8 Å². The molecule has 0 radical (unpaired) electrons. The van der Waals surface area contributed by atoms with Crippen LogP contribution in [-0.2, 0) is 6.54 Å². The van der Waals surface area contributed by atoms with Gasteiger partial charge in [0.05, 0.1) is 13.2 Å². The highest BCUT2D eigenvalue weighted by molar-refractivity contribution is 6.11. The van der Waals surface area contributed by atoms with E-state index in [9.17, 15) is 19.1 Å². The molecule has 8 nitrogen and oxygen atoms in total. The molecule has 9 heteroatoms. The lowest BCUT2D eigenvalue weighted by atomic mass is 9.99. The summed E-state index contributed by atoms with van der Waals surface area (Å²) in [5.74, 6) is -2.22. The van der Waals surface area contributed by atoms with Gasteiger partial charge in [-0.1, -0.05) is 24.3 Å². The summed E-state index contributed by atoms with van der Waals surface area (Å²) in [6.45, 7) is 2.06. The minimum atomic E-state index is -0.893. The monoisotopic (exact) mass is 492 g/mol. The first-order valence-corrected chi connectivity index (χ1v) is 11.8. The third-order valence-electron chi connectivity index (χ3n) is 6.29. The van der Waals surface area contributed by atoms with Gasteiger partial charge in [-0.25, -0.2) is 4.39 Å². The van der Waals surface area contributed by atoms with E-state index in [-0.39, 0.29) is 29.3 Å². The molecule has 1 aliphatic heterocycles. The van der Waals surface area contributed by atoms with Crippen molar-refractivity contribution in [1.29, 1.82) is 0 Å². The number of phenolic OH excluding ortho intramolecular Hbond substituents is 1. The van der Waals surface area contributed by atoms with Crippen molar-refractivity contribution < 1.29 is 23.8 Å². The average molecular weight is 493 g/mol. The zero-order valence-corrected chi connectivity index (χ0v) is 20.0. The number of rotatable bonds is 8. The van der Waals surface area contributed by atoms with Crippen molar-refractivity contribution in [2.45, 2.75) is 31.5 Å². The molecule has 1 saturated heterocycles. The first kappa shape index (κ1) is 25.3. The summed E-state index contributed by atoms with van der Waals surface area (Å²) in [6, 6.07) is 12.6. The zero-order chi connectivity index (χ0) is 25.5. The van der Waals surface area contributed by atoms with Crippen LogP contribution < -0.4 is 20.7 Å². The number of benzene rings is 2. The van der Waals surface area contributed by atoms with Crippen LogP contribution in [0.25, 0.3) is 0 Å². The van der Waals surface area contributed by atoms with Gasteiger partial charge in [-0.05, 0) is 49.2 Å². The summed E-state index contributed by atoms with van der Waals surface area (Å²) < 4.78 is 19.5. The Morgan fingerprint density at radius 2 is 1.83 bits per heavy atom. The van der Waals surface area contributed by atoms with Crippen LogP contribution in [-0.4, -0.2) is 54.1 Å². The van der Waals surface area contributed by atoms with Gasteiger partial charge in [0.15, 0.2) is 17.3 Å². The minimum Gasteiger partial charge on any atom is -0.507 e. The third kappa shape index (κ3) is 5.87. The summed E-state index contributed by atoms with van der Waals surface area (Å²) >= 11 is 0. The number of hydrogen-bond acceptors (Lipinski definition) is 7. The molecule has 4 N–H and O–H groups in total. The Morgan fingerprint density at radius 1 is 1.08 bits per heavy atom. The first-order valence-electron chi connectivity index (χ1n) is 11.8. The molecule has 1 aromatic heterocycles. The molecule has 3 aromatic rings. The number of hydrogen-bond donors (Lipinski definition) is 4. The second-order valence-corrected chi connectivity index (χ2v) is 8.65. The predicted octanol–water partition coefficient (Wildman–Crippen LogP) is 2.81. The van der Waals surface area contributed by atoms with Gasteiger partial charge in [0.2, 0.25) is 0 Å². The highest BCUT2D eigenvalue weighted by atomic mass is 19.1. The summed E-state index contributed by atoms with van der Waals surface area (Å²) in [7, 11) is 1.30. The van der Waals surface area contributed by atoms with Crippen molar-refractivity contribution in [2.24, 2.45) is 0 Å². The largest absolute Gasteiger partial charge is 0.507 e. The molecule has 2 atom stereocenters. The van der Waals surface area contributed by atoms with E-state index in [1.807, 2.05) is 0 Å². The van der Waals surface area contributed by atoms with Crippen LogP contribution in [0.2, 0.25) is 0 Å². The van der Waals surface area contributed by atoms with Gasteiger partial charge in [-0.2, -0.15) is 0 Å². The number of phenols is 1. The van der Waals surface area contributed by atoms with Gasteiger partial charge in [0.25, 0.3) is 5.91 Å². The number of carbonyl (C=O) groups excluding carboxylic acids is 2. The maximum Gasteiger partial charge on any atom is 0.251 e. The molecular formula is C27H29FN4O4. The Morgan fingerprint density at radius 3 is 2.56 bits per heavy atom. The fourth-order valence-electron chi connectivity index (χ4n) is 4.29. The number of carbonyl (C=O) groups is 2. The lowest BCUT2D eigenvalue weighted by Crippen LogP contribution is -2.52. The van der Waals surface area contributed by atoms with E-state index >= 15 is 0 Å². The van der Waals surface area contributed by atoms with Crippen molar-refractivity contribution >= 4 is 11.7 Å². The zero-order valence-electron chi connectivity index (χ0n) is 20.0. The smallest absolute Gasteiger partial charge is 0.251 e. The molecule has 0 aliphatic carbocycles. The topological polar surface area (TPSA) is 113 Å². The first-order chi connectivity index (χ1) is 17.5. The highest BCUT2D eigenvalue weighted by Gasteiger charge is 2.26. The molecule has 0 saturated carbocycles. The van der Waals surface area contributed by atoms with Crippen LogP contribution in [0.5, 0.6) is 11.5 Å². The van der Waals surface area contributed by atoms with Gasteiger partial charge in [0.1, 0.15) is 11.3 Å². The van der Waals surface area contributed by atoms with Gasteiger partial charge in [0, 0.05) is 42.7 Å². The fourth-order valence-corrected chi connectivity index (χ4v) is 4.29. The highest BCUT2D eigenvalue weighted by Crippen LogP contribution is 2.30. The third-order valence-corrected chi connectivity index (χ3v) is 6.29. The summed E-state index contributed by atoms with van der Waals surface area (Å²) in [4.78, 5) is 29.5. The standard InChI is InChI=1S/C27H29FN4O4/c1-36-23-9-8-22(33)24(25(23)28)26(34)18-6-4-17(5-7-18)15-31-20-3-2-12-30-16-21(20)32-27(35)19-10-13-29-14-11-19/h4-11,13-14,20-21,30-31,33H,2-3,12,15-16H2,1H3,(H,32,35)/t20-,21-/m1/s1. The quantitative estimate of drug-likeness (QED) is 0.358. The maximum atomic E-state index is 14.6. The lowest BCUT2D eigenvalue weighted by Gasteiger charge is -2.27. The molecule has 0 unspecified atom stereocenters. The SMILES string of the molecule is COc1ccc(O)c(C(=O)c2ccc(CN[C@@H]3CCCNC[C@H]3NC(=O)c3ccncc3)cc2)c1F. The normalized spacial score (nSPS) is 17.7. The second-order valence-electron chi connectivity index (χ2n) is 8.65. The number of aromatic hydroxyl groups is 1. The van der Waals surface area contributed by atoms with Gasteiger partial charge >= 0.3 is 0 Å². The molecule has 1 aliphatic rings. The lowest BCUT2D eigenvalue weighted by molar-refractivity contribution is 0.0926. The number of nitrogens with zero attached hydrogens (tertiary/aromatic N) is 1. The van der Waals surface area contributed by atoms with Crippen LogP contribution >= 0.6 is 0 Å². The van der Waals surface area contributed by atoms with Crippen LogP contribution in [0, 0.1) is 5.82 Å². The van der Waals surface area contributed by atoms with Gasteiger partial charge in [-0.15, -0.1) is 0 Å². The Hall–Kier alpha value is -3.82. The van der Waals surface area contributed by atoms with E-state index < -0.39 is 22.9 Å². The number of pyridine rings is 1. The number of methoxy groups -OCH3 is 1. The van der Waals surface area contributed by atoms with Crippen LogP contribution in [0.4, 0.5) is 4.39 Å².